The number of nitrogens with one attached hydrogen (secondary N) is 1. The molecule has 0 spiro atoms. The molecule has 1 aromatic carbocycles. The van der Waals surface area contributed by atoms with Crippen LogP contribution in [0.15, 0.2) is 61.9 Å². The Labute approximate surface area is 209 Å². The molecule has 2 aliphatic rings. The van der Waals surface area contributed by atoms with Crippen LogP contribution in [0.2, 0.25) is 0 Å². The number of allylic oxidation sites excluding steroid dienone is 1. The molecule has 3 heterocycles. The molecular weight excluding hydrogens is 523 g/mol. The minimum atomic E-state index is -0.631. The Morgan fingerprint density at radius 1 is 1.26 bits per heavy atom. The monoisotopic (exact) mass is 546 g/mol. The van der Waals surface area contributed by atoms with Gasteiger partial charge in [0, 0.05) is 11.4 Å². The maximum absolute atomic E-state index is 14.0. The summed E-state index contributed by atoms with van der Waals surface area (Å²) in [4.78, 5) is 17.9. The van der Waals surface area contributed by atoms with Crippen LogP contribution in [0.5, 0.6) is 0 Å². The second kappa shape index (κ2) is 9.95. The van der Waals surface area contributed by atoms with Crippen LogP contribution in [0.1, 0.15) is 56.4 Å². The first-order valence-electron chi connectivity index (χ1n) is 11.3. The number of esters is 1. The molecule has 1 saturated carbocycles. The van der Waals surface area contributed by atoms with Crippen molar-refractivity contribution < 1.29 is 18.3 Å². The highest BCUT2D eigenvalue weighted by Gasteiger charge is 2.38. The quantitative estimate of drug-likeness (QED) is 0.290. The van der Waals surface area contributed by atoms with Gasteiger partial charge in [-0.05, 0) is 72.3 Å². The minimum Gasteiger partial charge on any atom is -0.459 e. The van der Waals surface area contributed by atoms with Gasteiger partial charge in [0.05, 0.1) is 5.57 Å². The molecule has 5 rings (SSSR count). The number of carbonyl (C=O) groups is 1. The number of anilines is 1. The number of rotatable bonds is 6. The molecule has 178 valence electrons. The van der Waals surface area contributed by atoms with Gasteiger partial charge in [0.25, 0.3) is 0 Å². The predicted molar refractivity (Wildman–Crippen MR) is 130 cm³/mol. The number of thioether (sulfide) groups is 1. The average molecular weight is 547 g/mol. The molecule has 7 nitrogen and oxygen atoms in total. The topological polar surface area (TPSA) is 82.2 Å². The first kappa shape index (κ1) is 23.2. The first-order valence-corrected chi connectivity index (χ1v) is 13.0. The number of benzene rings is 1. The number of fused-ring (bicyclic) bond motifs is 1. The van der Waals surface area contributed by atoms with Crippen molar-refractivity contribution in [1.29, 1.82) is 0 Å². The Hall–Kier alpha value is -2.59. The zero-order valence-corrected chi connectivity index (χ0v) is 21.0. The van der Waals surface area contributed by atoms with Crippen molar-refractivity contribution in [2.24, 2.45) is 0 Å². The summed E-state index contributed by atoms with van der Waals surface area (Å²) in [6.45, 7) is 1.83. The molecule has 0 saturated heterocycles. The maximum atomic E-state index is 14.0. The SMILES string of the molecule is CC1=C(C(=O)OC2CCCCC2)C(c2ccc(Br)o2)n2nc(SCc3ccccc3F)nc2N1. The number of furan rings is 1. The summed E-state index contributed by atoms with van der Waals surface area (Å²) in [5.41, 5.74) is 1.66. The molecule has 1 aliphatic carbocycles. The van der Waals surface area contributed by atoms with Gasteiger partial charge in [-0.1, -0.05) is 36.4 Å². The van der Waals surface area contributed by atoms with Crippen molar-refractivity contribution in [2.45, 2.75) is 62.1 Å². The molecular formula is C24H24BrFN4O3S. The van der Waals surface area contributed by atoms with E-state index in [0.29, 0.717) is 44.1 Å². The van der Waals surface area contributed by atoms with Crippen LogP contribution in [-0.4, -0.2) is 26.8 Å². The lowest BCUT2D eigenvalue weighted by Gasteiger charge is -2.28. The lowest BCUT2D eigenvalue weighted by Crippen LogP contribution is -2.31. The lowest BCUT2D eigenvalue weighted by molar-refractivity contribution is -0.146. The summed E-state index contributed by atoms with van der Waals surface area (Å²) in [7, 11) is 0. The van der Waals surface area contributed by atoms with E-state index >= 15 is 0 Å². The second-order valence-corrected chi connectivity index (χ2v) is 10.1. The minimum absolute atomic E-state index is 0.0745. The third kappa shape index (κ3) is 4.79. The zero-order valence-electron chi connectivity index (χ0n) is 18.6. The molecule has 3 aromatic rings. The summed E-state index contributed by atoms with van der Waals surface area (Å²) in [5, 5.41) is 8.30. The molecule has 1 atom stereocenters. The highest BCUT2D eigenvalue weighted by molar-refractivity contribution is 9.10. The Balaban J connectivity index is 1.44. The Morgan fingerprint density at radius 2 is 2.06 bits per heavy atom. The molecule has 34 heavy (non-hydrogen) atoms. The number of carbonyl (C=O) groups excluding carboxylic acids is 1. The van der Waals surface area contributed by atoms with E-state index in [1.165, 1.54) is 24.2 Å². The fraction of sp³-hybridized carbons (Fsp3) is 0.375. The van der Waals surface area contributed by atoms with E-state index in [1.54, 1.807) is 35.0 Å². The molecule has 2 aromatic heterocycles. The highest BCUT2D eigenvalue weighted by Crippen LogP contribution is 2.39. The summed E-state index contributed by atoms with van der Waals surface area (Å²) in [6.07, 6.45) is 5.00. The van der Waals surface area contributed by atoms with Crippen molar-refractivity contribution in [3.8, 4) is 0 Å². The zero-order chi connectivity index (χ0) is 23.7. The molecule has 1 fully saturated rings. The van der Waals surface area contributed by atoms with Gasteiger partial charge in [-0.3, -0.25) is 0 Å². The van der Waals surface area contributed by atoms with E-state index in [1.807, 2.05) is 6.92 Å². The lowest BCUT2D eigenvalue weighted by atomic mass is 9.97. The summed E-state index contributed by atoms with van der Waals surface area (Å²) >= 11 is 4.68. The van der Waals surface area contributed by atoms with Gasteiger partial charge in [-0.25, -0.2) is 13.9 Å². The first-order chi connectivity index (χ1) is 16.5. The second-order valence-electron chi connectivity index (χ2n) is 8.42. The van der Waals surface area contributed by atoms with Crippen LogP contribution >= 0.6 is 27.7 Å². The summed E-state index contributed by atoms with van der Waals surface area (Å²) < 4.78 is 28.0. The van der Waals surface area contributed by atoms with Crippen LogP contribution in [0.25, 0.3) is 0 Å². The van der Waals surface area contributed by atoms with Gasteiger partial charge in [0.2, 0.25) is 11.1 Å². The van der Waals surface area contributed by atoms with Crippen LogP contribution in [0.4, 0.5) is 10.3 Å². The van der Waals surface area contributed by atoms with Gasteiger partial charge in [0.15, 0.2) is 4.67 Å². The summed E-state index contributed by atoms with van der Waals surface area (Å²) in [6, 6.07) is 9.59. The summed E-state index contributed by atoms with van der Waals surface area (Å²) in [5.74, 6) is 0.771. The Morgan fingerprint density at radius 3 is 2.79 bits per heavy atom. The smallest absolute Gasteiger partial charge is 0.338 e. The molecule has 0 bridgehead atoms. The van der Waals surface area contributed by atoms with Crippen molar-refractivity contribution in [1.82, 2.24) is 14.8 Å². The van der Waals surface area contributed by atoms with Crippen LogP contribution in [0, 0.1) is 5.82 Å². The molecule has 10 heteroatoms. The van der Waals surface area contributed by atoms with Gasteiger partial charge in [-0.15, -0.1) is 5.10 Å². The molecule has 0 radical (unpaired) electrons. The van der Waals surface area contributed by atoms with Crippen LogP contribution in [0.3, 0.4) is 0 Å². The fourth-order valence-electron chi connectivity index (χ4n) is 4.35. The third-order valence-corrected chi connectivity index (χ3v) is 7.37. The standard InChI is InChI=1S/C24H24BrFN4O3S/c1-14-20(22(31)32-16-8-3-2-4-9-16)21(18-11-12-19(25)33-18)30-23(27-14)28-24(29-30)34-13-15-7-5-6-10-17(15)26/h5-7,10-12,16,21H,2-4,8-9,13H2,1H3,(H,27,28,29). The van der Waals surface area contributed by atoms with Gasteiger partial charge >= 0.3 is 5.97 Å². The largest absolute Gasteiger partial charge is 0.459 e. The fourth-order valence-corrected chi connectivity index (χ4v) is 5.49. The van der Waals surface area contributed by atoms with E-state index in [2.05, 4.69) is 31.3 Å². The number of halogens is 2. The van der Waals surface area contributed by atoms with Gasteiger partial charge in [0.1, 0.15) is 23.7 Å². The van der Waals surface area contributed by atoms with E-state index in [-0.39, 0.29) is 17.9 Å². The normalized spacial score (nSPS) is 18.5. The van der Waals surface area contributed by atoms with Crippen molar-refractivity contribution in [3.63, 3.8) is 0 Å². The maximum Gasteiger partial charge on any atom is 0.338 e. The van der Waals surface area contributed by atoms with E-state index in [9.17, 15) is 9.18 Å². The third-order valence-electron chi connectivity index (χ3n) is 6.06. The number of aromatic nitrogens is 3. The van der Waals surface area contributed by atoms with Gasteiger partial charge < -0.3 is 14.5 Å². The van der Waals surface area contributed by atoms with Crippen molar-refractivity contribution in [3.05, 3.63) is 69.5 Å². The molecule has 1 N–H and O–H groups in total. The van der Waals surface area contributed by atoms with Crippen LogP contribution in [-0.2, 0) is 15.3 Å². The number of ether oxygens (including phenoxy) is 1. The highest BCUT2D eigenvalue weighted by atomic mass is 79.9. The molecule has 1 aliphatic heterocycles. The van der Waals surface area contributed by atoms with E-state index < -0.39 is 6.04 Å². The van der Waals surface area contributed by atoms with E-state index in [0.717, 1.165) is 25.7 Å². The van der Waals surface area contributed by atoms with E-state index in [4.69, 9.17) is 9.15 Å². The van der Waals surface area contributed by atoms with Crippen LogP contribution < -0.4 is 5.32 Å². The van der Waals surface area contributed by atoms with Gasteiger partial charge in [-0.2, -0.15) is 4.98 Å². The molecule has 1 unspecified atom stereocenters. The van der Waals surface area contributed by atoms with Crippen molar-refractivity contribution >= 4 is 39.6 Å². The Kier molecular flexibility index (Phi) is 6.78. The molecule has 0 amide bonds. The number of hydrogen-bond acceptors (Lipinski definition) is 7. The number of nitrogens with zero attached hydrogens (tertiary/aromatic N) is 3. The van der Waals surface area contributed by atoms with Crippen molar-refractivity contribution in [2.75, 3.05) is 5.32 Å². The number of hydrogen-bond donors (Lipinski definition) is 1. The predicted octanol–water partition coefficient (Wildman–Crippen LogP) is 6.23. The average Bonchev–Trinajstić information content (AvgIpc) is 3.43. The Bertz CT molecular complexity index is 1230.